The van der Waals surface area contributed by atoms with Crippen molar-refractivity contribution in [3.63, 3.8) is 0 Å². The van der Waals surface area contributed by atoms with Crippen LogP contribution >= 0.6 is 15.9 Å². The molecule has 2 rings (SSSR count). The van der Waals surface area contributed by atoms with Gasteiger partial charge in [-0.05, 0) is 40.2 Å². The van der Waals surface area contributed by atoms with Crippen molar-refractivity contribution < 1.29 is 13.5 Å². The molecule has 0 unspecified atom stereocenters. The third-order valence-corrected chi connectivity index (χ3v) is 3.55. The molecule has 0 atom stereocenters. The van der Waals surface area contributed by atoms with Crippen LogP contribution in [-0.2, 0) is 6.54 Å². The Morgan fingerprint density at radius 2 is 1.90 bits per heavy atom. The normalized spacial score (nSPS) is 10.0. The second-order valence-corrected chi connectivity index (χ2v) is 5.09. The number of nitrogens with zero attached hydrogens (tertiary/aromatic N) is 1. The fourth-order valence-corrected chi connectivity index (χ4v) is 2.21. The van der Waals surface area contributed by atoms with Crippen molar-refractivity contribution in [1.82, 2.24) is 0 Å². The minimum absolute atomic E-state index is 0.0336. The summed E-state index contributed by atoms with van der Waals surface area (Å²) < 4.78 is 33.4. The van der Waals surface area contributed by atoms with E-state index in [0.717, 1.165) is 16.6 Å². The Morgan fingerprint density at radius 1 is 1.24 bits per heavy atom. The van der Waals surface area contributed by atoms with Crippen molar-refractivity contribution in [1.29, 1.82) is 5.26 Å². The fraction of sp³-hybridized carbons (Fsp3) is 0.133. The summed E-state index contributed by atoms with van der Waals surface area (Å²) in [7, 11) is 1.53. The molecule has 0 heterocycles. The topological polar surface area (TPSA) is 45.0 Å². The summed E-state index contributed by atoms with van der Waals surface area (Å²) >= 11 is 3.32. The van der Waals surface area contributed by atoms with E-state index >= 15 is 0 Å². The quantitative estimate of drug-likeness (QED) is 0.895. The maximum Gasteiger partial charge on any atom is 0.135 e. The third kappa shape index (κ3) is 3.50. The Hall–Kier alpha value is -2.13. The van der Waals surface area contributed by atoms with Crippen molar-refractivity contribution in [2.24, 2.45) is 0 Å². The predicted octanol–water partition coefficient (Wildman–Crippen LogP) is 4.22. The first-order chi connectivity index (χ1) is 10.0. The van der Waals surface area contributed by atoms with Gasteiger partial charge in [-0.3, -0.25) is 0 Å². The Labute approximate surface area is 129 Å². The molecule has 0 aromatic heterocycles. The van der Waals surface area contributed by atoms with Crippen molar-refractivity contribution in [3.05, 3.63) is 57.6 Å². The highest BCUT2D eigenvalue weighted by Gasteiger charge is 2.11. The summed E-state index contributed by atoms with van der Waals surface area (Å²) in [6, 6.07) is 8.98. The summed E-state index contributed by atoms with van der Waals surface area (Å²) in [4.78, 5) is 0. The molecule has 0 bridgehead atoms. The minimum atomic E-state index is -0.747. The zero-order valence-electron chi connectivity index (χ0n) is 11.1. The van der Waals surface area contributed by atoms with Gasteiger partial charge in [0.1, 0.15) is 17.4 Å². The van der Waals surface area contributed by atoms with Crippen LogP contribution in [-0.4, -0.2) is 7.11 Å². The molecule has 0 saturated carbocycles. The van der Waals surface area contributed by atoms with E-state index in [4.69, 9.17) is 10.00 Å². The van der Waals surface area contributed by atoms with Crippen LogP contribution in [0.2, 0.25) is 0 Å². The summed E-state index contributed by atoms with van der Waals surface area (Å²) in [5.41, 5.74) is 0.508. The standard InChI is InChI=1S/C15H11BrF2N2O/c1-21-15-6-10(2-3-12(15)16)20-8-11-13(17)4-9(7-19)5-14(11)18/h2-6,20H,8H2,1H3. The minimum Gasteiger partial charge on any atom is -0.495 e. The summed E-state index contributed by atoms with van der Waals surface area (Å²) in [6.45, 7) is -0.0336. The van der Waals surface area contributed by atoms with Gasteiger partial charge in [0.05, 0.1) is 23.2 Å². The number of hydrogen-bond donors (Lipinski definition) is 1. The third-order valence-electron chi connectivity index (χ3n) is 2.89. The molecule has 0 radical (unpaired) electrons. The molecule has 0 fully saturated rings. The first-order valence-corrected chi connectivity index (χ1v) is 6.80. The highest BCUT2D eigenvalue weighted by atomic mass is 79.9. The molecule has 0 aliphatic rings. The monoisotopic (exact) mass is 352 g/mol. The summed E-state index contributed by atoms with van der Waals surface area (Å²) in [6.07, 6.45) is 0. The summed E-state index contributed by atoms with van der Waals surface area (Å²) in [5, 5.41) is 11.6. The molecule has 0 aliphatic carbocycles. The van der Waals surface area contributed by atoms with Gasteiger partial charge in [-0.1, -0.05) is 0 Å². The van der Waals surface area contributed by atoms with Gasteiger partial charge in [-0.2, -0.15) is 5.26 Å². The second-order valence-electron chi connectivity index (χ2n) is 4.23. The Kier molecular flexibility index (Phi) is 4.76. The van der Waals surface area contributed by atoms with E-state index in [9.17, 15) is 8.78 Å². The van der Waals surface area contributed by atoms with Crippen molar-refractivity contribution in [2.45, 2.75) is 6.54 Å². The first-order valence-electron chi connectivity index (χ1n) is 6.00. The summed E-state index contributed by atoms with van der Waals surface area (Å²) in [5.74, 6) is -0.882. The lowest BCUT2D eigenvalue weighted by atomic mass is 10.1. The van der Waals surface area contributed by atoms with Crippen LogP contribution in [0.25, 0.3) is 0 Å². The van der Waals surface area contributed by atoms with Crippen LogP contribution in [0.15, 0.2) is 34.8 Å². The van der Waals surface area contributed by atoms with Gasteiger partial charge >= 0.3 is 0 Å². The van der Waals surface area contributed by atoms with E-state index in [-0.39, 0.29) is 17.7 Å². The van der Waals surface area contributed by atoms with Gasteiger partial charge < -0.3 is 10.1 Å². The average Bonchev–Trinajstić information content (AvgIpc) is 2.47. The molecule has 1 N–H and O–H groups in total. The van der Waals surface area contributed by atoms with E-state index in [1.54, 1.807) is 24.3 Å². The van der Waals surface area contributed by atoms with E-state index in [1.165, 1.54) is 7.11 Å². The van der Waals surface area contributed by atoms with Crippen LogP contribution in [0, 0.1) is 23.0 Å². The highest BCUT2D eigenvalue weighted by Crippen LogP contribution is 2.28. The highest BCUT2D eigenvalue weighted by molar-refractivity contribution is 9.10. The lowest BCUT2D eigenvalue weighted by Crippen LogP contribution is -2.05. The molecule has 3 nitrogen and oxygen atoms in total. The molecular formula is C15H11BrF2N2O. The first kappa shape index (κ1) is 15.3. The number of ether oxygens (including phenoxy) is 1. The van der Waals surface area contributed by atoms with Crippen LogP contribution < -0.4 is 10.1 Å². The molecule has 0 spiro atoms. The molecular weight excluding hydrogens is 342 g/mol. The fourth-order valence-electron chi connectivity index (χ4n) is 1.80. The van der Waals surface area contributed by atoms with E-state index in [1.807, 2.05) is 0 Å². The maximum absolute atomic E-state index is 13.7. The molecule has 6 heteroatoms. The molecule has 0 aliphatic heterocycles. The van der Waals surface area contributed by atoms with Crippen LogP contribution in [0.5, 0.6) is 5.75 Å². The Balaban J connectivity index is 2.19. The van der Waals surface area contributed by atoms with Gasteiger partial charge in [-0.25, -0.2) is 8.78 Å². The number of rotatable bonds is 4. The van der Waals surface area contributed by atoms with Crippen LogP contribution in [0.1, 0.15) is 11.1 Å². The van der Waals surface area contributed by atoms with E-state index < -0.39 is 11.6 Å². The number of halogens is 3. The number of hydrogen-bond acceptors (Lipinski definition) is 3. The maximum atomic E-state index is 13.7. The van der Waals surface area contributed by atoms with Crippen LogP contribution in [0.3, 0.4) is 0 Å². The number of benzene rings is 2. The zero-order valence-corrected chi connectivity index (χ0v) is 12.7. The van der Waals surface area contributed by atoms with Crippen molar-refractivity contribution in [2.75, 3.05) is 12.4 Å². The van der Waals surface area contributed by atoms with Gasteiger partial charge in [0.2, 0.25) is 0 Å². The largest absolute Gasteiger partial charge is 0.495 e. The van der Waals surface area contributed by atoms with Gasteiger partial charge in [0, 0.05) is 23.9 Å². The van der Waals surface area contributed by atoms with Gasteiger partial charge in [0.15, 0.2) is 0 Å². The zero-order chi connectivity index (χ0) is 15.4. The van der Waals surface area contributed by atoms with Crippen molar-refractivity contribution in [3.8, 4) is 11.8 Å². The van der Waals surface area contributed by atoms with E-state index in [2.05, 4.69) is 21.2 Å². The van der Waals surface area contributed by atoms with Gasteiger partial charge in [0.25, 0.3) is 0 Å². The predicted molar refractivity (Wildman–Crippen MR) is 79.1 cm³/mol. The Bertz CT molecular complexity index is 690. The number of anilines is 1. The second kappa shape index (κ2) is 6.55. The molecule has 21 heavy (non-hydrogen) atoms. The smallest absolute Gasteiger partial charge is 0.135 e. The lowest BCUT2D eigenvalue weighted by Gasteiger charge is -2.11. The number of nitriles is 1. The molecule has 2 aromatic rings. The lowest BCUT2D eigenvalue weighted by molar-refractivity contribution is 0.412. The number of methoxy groups -OCH3 is 1. The SMILES string of the molecule is COc1cc(NCc2c(F)cc(C#N)cc2F)ccc1Br. The number of nitrogens with one attached hydrogen (secondary N) is 1. The molecule has 2 aromatic carbocycles. The molecule has 0 amide bonds. The molecule has 0 saturated heterocycles. The van der Waals surface area contributed by atoms with E-state index in [0.29, 0.717) is 11.4 Å². The van der Waals surface area contributed by atoms with Gasteiger partial charge in [-0.15, -0.1) is 0 Å². The van der Waals surface area contributed by atoms with Crippen molar-refractivity contribution >= 4 is 21.6 Å². The Morgan fingerprint density at radius 3 is 2.48 bits per heavy atom. The molecule has 108 valence electrons. The van der Waals surface area contributed by atoms with Crippen LogP contribution in [0.4, 0.5) is 14.5 Å². The average molecular weight is 353 g/mol.